The molecule has 3 rings (SSSR count). The number of hydrazone groups is 1. The molecule has 0 aromatic carbocycles. The number of amidine groups is 1. The lowest BCUT2D eigenvalue weighted by Crippen LogP contribution is -2.44. The lowest BCUT2D eigenvalue weighted by Gasteiger charge is -2.26. The minimum Gasteiger partial charge on any atom is -0.331 e. The molecular formula is C16H17F3N6O3S. The zero-order valence-electron chi connectivity index (χ0n) is 15.6. The van der Waals surface area contributed by atoms with Crippen molar-refractivity contribution in [3.05, 3.63) is 29.7 Å². The molecule has 0 radical (unpaired) electrons. The molecule has 0 bridgehead atoms. The summed E-state index contributed by atoms with van der Waals surface area (Å²) in [4.78, 5) is 20.8. The van der Waals surface area contributed by atoms with E-state index in [4.69, 9.17) is 0 Å². The first-order chi connectivity index (χ1) is 13.4. The van der Waals surface area contributed by atoms with Crippen molar-refractivity contribution >= 4 is 33.0 Å². The van der Waals surface area contributed by atoms with Crippen LogP contribution in [-0.2, 0) is 14.6 Å². The monoisotopic (exact) mass is 430 g/mol. The number of rotatable bonds is 4. The SMILES string of the molecule is CCS(=O)(=O)c1cc(NC(C)=O)cnc1C1=NC2=CC(C(F)(F)F)=NNC2N1C. The van der Waals surface area contributed by atoms with Crippen molar-refractivity contribution < 1.29 is 26.4 Å². The van der Waals surface area contributed by atoms with Gasteiger partial charge in [0.25, 0.3) is 0 Å². The number of hydrogen-bond acceptors (Lipinski definition) is 8. The molecule has 1 aromatic heterocycles. The molecule has 9 nitrogen and oxygen atoms in total. The van der Waals surface area contributed by atoms with Crippen LogP contribution in [0.3, 0.4) is 0 Å². The number of carbonyl (C=O) groups excluding carboxylic acids is 1. The maximum absolute atomic E-state index is 12.9. The van der Waals surface area contributed by atoms with Crippen molar-refractivity contribution in [3.8, 4) is 0 Å². The Morgan fingerprint density at radius 2 is 2.07 bits per heavy atom. The van der Waals surface area contributed by atoms with Gasteiger partial charge in [-0.1, -0.05) is 6.92 Å². The van der Waals surface area contributed by atoms with Crippen LogP contribution >= 0.6 is 0 Å². The van der Waals surface area contributed by atoms with Crippen LogP contribution in [0.5, 0.6) is 0 Å². The summed E-state index contributed by atoms with van der Waals surface area (Å²) in [5, 5.41) is 5.78. The summed E-state index contributed by atoms with van der Waals surface area (Å²) in [7, 11) is -2.26. The minimum absolute atomic E-state index is 0.0254. The van der Waals surface area contributed by atoms with Crippen LogP contribution in [0.25, 0.3) is 0 Å². The maximum Gasteiger partial charge on any atom is 0.435 e. The second kappa shape index (κ2) is 7.13. The summed E-state index contributed by atoms with van der Waals surface area (Å²) in [5.74, 6) is -0.589. The van der Waals surface area contributed by atoms with Gasteiger partial charge in [0.15, 0.2) is 27.6 Å². The fourth-order valence-corrected chi connectivity index (χ4v) is 3.85. The standard InChI is InChI=1S/C16H17F3N6O3S/c1-4-29(27,28)11-5-9(21-8(2)26)7-20-13(11)15-22-10-6-12(16(17,18)19)23-24-14(10)25(15)3/h5-7,14,24H,4H2,1-3H3,(H,21,26). The molecule has 0 fully saturated rings. The van der Waals surface area contributed by atoms with Crippen LogP contribution in [0.1, 0.15) is 19.5 Å². The van der Waals surface area contributed by atoms with Gasteiger partial charge in [0.2, 0.25) is 5.91 Å². The molecule has 3 heterocycles. The summed E-state index contributed by atoms with van der Waals surface area (Å²) >= 11 is 0. The summed E-state index contributed by atoms with van der Waals surface area (Å²) in [6.07, 6.45) is -3.41. The van der Waals surface area contributed by atoms with Gasteiger partial charge in [-0.3, -0.25) is 10.2 Å². The Bertz CT molecular complexity index is 1060. The number of carbonyl (C=O) groups is 1. The highest BCUT2D eigenvalue weighted by molar-refractivity contribution is 7.91. The molecule has 2 aliphatic heterocycles. The van der Waals surface area contributed by atoms with E-state index < -0.39 is 33.8 Å². The number of aromatic nitrogens is 1. The number of fused-ring (bicyclic) bond motifs is 1. The van der Waals surface area contributed by atoms with E-state index in [0.717, 1.165) is 6.08 Å². The number of halogens is 3. The van der Waals surface area contributed by atoms with Crippen molar-refractivity contribution in [1.29, 1.82) is 0 Å². The molecule has 0 aliphatic carbocycles. The number of amides is 1. The van der Waals surface area contributed by atoms with Crippen molar-refractivity contribution in [2.45, 2.75) is 31.1 Å². The first kappa shape index (κ1) is 20.8. The number of likely N-dealkylation sites (N-methyl/N-ethyl adjacent to an activating group) is 1. The molecule has 2 N–H and O–H groups in total. The quantitative estimate of drug-likeness (QED) is 0.743. The molecule has 0 spiro atoms. The highest BCUT2D eigenvalue weighted by Crippen LogP contribution is 2.30. The Kier molecular flexibility index (Phi) is 5.11. The van der Waals surface area contributed by atoms with E-state index >= 15 is 0 Å². The smallest absolute Gasteiger partial charge is 0.331 e. The van der Waals surface area contributed by atoms with Crippen LogP contribution < -0.4 is 10.7 Å². The molecule has 156 valence electrons. The molecule has 13 heteroatoms. The lowest BCUT2D eigenvalue weighted by molar-refractivity contribution is -0.114. The number of pyridine rings is 1. The van der Waals surface area contributed by atoms with Gasteiger partial charge >= 0.3 is 6.18 Å². The number of allylic oxidation sites excluding steroid dienone is 1. The normalized spacial score (nSPS) is 19.0. The largest absolute Gasteiger partial charge is 0.435 e. The number of nitrogens with zero attached hydrogens (tertiary/aromatic N) is 4. The molecule has 0 saturated carbocycles. The van der Waals surface area contributed by atoms with Gasteiger partial charge in [-0.15, -0.1) is 0 Å². The highest BCUT2D eigenvalue weighted by Gasteiger charge is 2.41. The third-order valence-corrected chi connectivity index (χ3v) is 5.96. The van der Waals surface area contributed by atoms with Crippen molar-refractivity contribution in [3.63, 3.8) is 0 Å². The second-order valence-corrected chi connectivity index (χ2v) is 8.54. The van der Waals surface area contributed by atoms with Gasteiger partial charge in [0.05, 0.1) is 28.2 Å². The van der Waals surface area contributed by atoms with Gasteiger partial charge in [0, 0.05) is 14.0 Å². The van der Waals surface area contributed by atoms with E-state index in [2.05, 4.69) is 25.8 Å². The van der Waals surface area contributed by atoms with Gasteiger partial charge in [-0.2, -0.15) is 18.3 Å². The molecule has 1 unspecified atom stereocenters. The van der Waals surface area contributed by atoms with Crippen molar-refractivity contribution in [2.24, 2.45) is 10.1 Å². The number of sulfone groups is 1. The molecule has 1 amide bonds. The maximum atomic E-state index is 12.9. The Hall–Kier alpha value is -2.96. The van der Waals surface area contributed by atoms with E-state index in [-0.39, 0.29) is 33.6 Å². The number of nitrogens with one attached hydrogen (secondary N) is 2. The van der Waals surface area contributed by atoms with Crippen molar-refractivity contribution in [2.75, 3.05) is 18.1 Å². The third kappa shape index (κ3) is 3.95. The fourth-order valence-electron chi connectivity index (χ4n) is 2.79. The van der Waals surface area contributed by atoms with E-state index in [1.54, 1.807) is 0 Å². The molecule has 1 aromatic rings. The van der Waals surface area contributed by atoms with E-state index in [1.165, 1.54) is 38.1 Å². The van der Waals surface area contributed by atoms with Crippen LogP contribution in [0.15, 0.2) is 39.0 Å². The predicted octanol–water partition coefficient (Wildman–Crippen LogP) is 1.26. The van der Waals surface area contributed by atoms with E-state index in [0.29, 0.717) is 0 Å². The van der Waals surface area contributed by atoms with Crippen LogP contribution in [-0.4, -0.2) is 60.9 Å². The zero-order valence-corrected chi connectivity index (χ0v) is 16.4. The topological polar surface area (TPSA) is 116 Å². The Balaban J connectivity index is 2.11. The van der Waals surface area contributed by atoms with E-state index in [9.17, 15) is 26.4 Å². The molecular weight excluding hydrogens is 413 g/mol. The molecule has 29 heavy (non-hydrogen) atoms. The lowest BCUT2D eigenvalue weighted by atomic mass is 10.2. The number of hydrogen-bond donors (Lipinski definition) is 2. The average molecular weight is 430 g/mol. The number of alkyl halides is 3. The van der Waals surface area contributed by atoms with Crippen LogP contribution in [0.4, 0.5) is 18.9 Å². The van der Waals surface area contributed by atoms with Gasteiger partial charge in [0.1, 0.15) is 5.69 Å². The third-order valence-electron chi connectivity index (χ3n) is 4.22. The van der Waals surface area contributed by atoms with Gasteiger partial charge in [-0.25, -0.2) is 18.4 Å². The number of aliphatic imine (C=N–C) groups is 1. The Morgan fingerprint density at radius 1 is 1.38 bits per heavy atom. The first-order valence-corrected chi connectivity index (χ1v) is 10.0. The van der Waals surface area contributed by atoms with Crippen molar-refractivity contribution in [1.82, 2.24) is 15.3 Å². The summed E-state index contributed by atoms with van der Waals surface area (Å²) in [5.41, 5.74) is 1.40. The zero-order chi connectivity index (χ0) is 21.6. The Morgan fingerprint density at radius 3 is 2.66 bits per heavy atom. The first-order valence-electron chi connectivity index (χ1n) is 8.38. The summed E-state index contributed by atoms with van der Waals surface area (Å²) in [6, 6.07) is 1.25. The summed E-state index contributed by atoms with van der Waals surface area (Å²) < 4.78 is 64.0. The Labute approximate surface area is 164 Å². The van der Waals surface area contributed by atoms with Crippen LogP contribution in [0, 0.1) is 0 Å². The average Bonchev–Trinajstić information content (AvgIpc) is 2.96. The number of anilines is 1. The van der Waals surface area contributed by atoms with Gasteiger partial charge in [-0.05, 0) is 12.1 Å². The fraction of sp³-hybridized carbons (Fsp3) is 0.375. The molecule has 1 atom stereocenters. The van der Waals surface area contributed by atoms with Crippen LogP contribution in [0.2, 0.25) is 0 Å². The highest BCUT2D eigenvalue weighted by atomic mass is 32.2. The van der Waals surface area contributed by atoms with Gasteiger partial charge < -0.3 is 10.2 Å². The summed E-state index contributed by atoms with van der Waals surface area (Å²) in [6.45, 7) is 2.70. The van der Waals surface area contributed by atoms with E-state index in [1.807, 2.05) is 0 Å². The second-order valence-electron chi connectivity index (χ2n) is 6.30. The predicted molar refractivity (Wildman–Crippen MR) is 99.1 cm³/mol. The molecule has 0 saturated heterocycles. The molecule has 2 aliphatic rings. The minimum atomic E-state index is -4.66.